The summed E-state index contributed by atoms with van der Waals surface area (Å²) >= 11 is 5.87. The van der Waals surface area contributed by atoms with Crippen molar-refractivity contribution in [3.8, 4) is 0 Å². The van der Waals surface area contributed by atoms with Crippen molar-refractivity contribution in [2.45, 2.75) is 0 Å². The molecule has 19 heavy (non-hydrogen) atoms. The van der Waals surface area contributed by atoms with Gasteiger partial charge in [0.15, 0.2) is 0 Å². The molecule has 0 atom stereocenters. The van der Waals surface area contributed by atoms with Crippen LogP contribution in [0.5, 0.6) is 0 Å². The molecule has 0 aliphatic rings. The number of carbonyl (C=O) groups excluding carboxylic acids is 1. The molecule has 96 valence electrons. The van der Waals surface area contributed by atoms with Crippen LogP contribution >= 0.6 is 11.6 Å². The van der Waals surface area contributed by atoms with E-state index in [1.54, 1.807) is 36.4 Å². The van der Waals surface area contributed by atoms with E-state index in [1.165, 1.54) is 18.3 Å². The third kappa shape index (κ3) is 3.63. The lowest BCUT2D eigenvalue weighted by Gasteiger charge is -2.01. The van der Waals surface area contributed by atoms with Gasteiger partial charge in [0.1, 0.15) is 5.82 Å². The monoisotopic (exact) mass is 276 g/mol. The molecule has 0 aliphatic carbocycles. The number of halogens is 2. The predicted molar refractivity (Wildman–Crippen MR) is 72.9 cm³/mol. The lowest BCUT2D eigenvalue weighted by atomic mass is 10.2. The number of hydrazone groups is 1. The number of carbonyl (C=O) groups is 1. The molecule has 2 aromatic carbocycles. The summed E-state index contributed by atoms with van der Waals surface area (Å²) in [4.78, 5) is 11.7. The number of rotatable bonds is 3. The molecule has 0 bridgehead atoms. The largest absolute Gasteiger partial charge is 0.272 e. The van der Waals surface area contributed by atoms with E-state index in [2.05, 4.69) is 10.5 Å². The first-order chi connectivity index (χ1) is 9.16. The van der Waals surface area contributed by atoms with Gasteiger partial charge in [0.25, 0.3) is 5.91 Å². The molecule has 3 nitrogen and oxygen atoms in total. The molecule has 5 heteroatoms. The minimum Gasteiger partial charge on any atom is -0.267 e. The molecule has 0 unspecified atom stereocenters. The average molecular weight is 277 g/mol. The quantitative estimate of drug-likeness (QED) is 0.679. The molecule has 0 fully saturated rings. The summed E-state index contributed by atoms with van der Waals surface area (Å²) in [6.45, 7) is 0. The normalized spacial score (nSPS) is 10.6. The maximum atomic E-state index is 12.9. The zero-order chi connectivity index (χ0) is 13.7. The van der Waals surface area contributed by atoms with Crippen LogP contribution in [0.15, 0.2) is 53.6 Å². The Bertz CT molecular complexity index is 628. The summed E-state index contributed by atoms with van der Waals surface area (Å²) in [6, 6.07) is 12.5. The summed E-state index contributed by atoms with van der Waals surface area (Å²) in [5.41, 5.74) is 3.22. The highest BCUT2D eigenvalue weighted by molar-refractivity contribution is 6.33. The van der Waals surface area contributed by atoms with Crippen molar-refractivity contribution >= 4 is 23.7 Å². The maximum Gasteiger partial charge on any atom is 0.272 e. The summed E-state index contributed by atoms with van der Waals surface area (Å²) in [5, 5.41) is 4.10. The molecule has 0 spiro atoms. The second kappa shape index (κ2) is 6.11. The molecule has 0 heterocycles. The number of nitrogens with one attached hydrogen (secondary N) is 1. The second-order valence-electron chi connectivity index (χ2n) is 3.73. The standard InChI is InChI=1S/C14H10ClFN2O/c15-13-7-2-1-6-12(13)14(19)18-17-9-10-4-3-5-11(16)8-10/h1-9H,(H,18,19)/b17-9-. The van der Waals surface area contributed by atoms with E-state index in [4.69, 9.17) is 11.6 Å². The first-order valence-electron chi connectivity index (χ1n) is 5.50. The molecule has 1 amide bonds. The lowest BCUT2D eigenvalue weighted by Crippen LogP contribution is -2.17. The molecule has 0 saturated carbocycles. The maximum absolute atomic E-state index is 12.9. The van der Waals surface area contributed by atoms with Gasteiger partial charge < -0.3 is 0 Å². The Kier molecular flexibility index (Phi) is 4.26. The van der Waals surface area contributed by atoms with Gasteiger partial charge in [-0.2, -0.15) is 5.10 Å². The van der Waals surface area contributed by atoms with Crippen LogP contribution in [0.1, 0.15) is 15.9 Å². The molecule has 2 aromatic rings. The smallest absolute Gasteiger partial charge is 0.267 e. The van der Waals surface area contributed by atoms with Gasteiger partial charge in [-0.05, 0) is 29.8 Å². The highest BCUT2D eigenvalue weighted by atomic mass is 35.5. The summed E-state index contributed by atoms with van der Waals surface area (Å²) in [7, 11) is 0. The van der Waals surface area contributed by atoms with Gasteiger partial charge in [-0.25, -0.2) is 9.82 Å². The first kappa shape index (κ1) is 13.2. The Hall–Kier alpha value is -2.20. The molecule has 0 aromatic heterocycles. The van der Waals surface area contributed by atoms with Gasteiger partial charge in [-0.3, -0.25) is 4.79 Å². The minimum absolute atomic E-state index is 0.334. The van der Waals surface area contributed by atoms with Gasteiger partial charge >= 0.3 is 0 Å². The number of benzene rings is 2. The fraction of sp³-hybridized carbons (Fsp3) is 0. The second-order valence-corrected chi connectivity index (χ2v) is 4.14. The third-order valence-electron chi connectivity index (χ3n) is 2.35. The van der Waals surface area contributed by atoms with Crippen LogP contribution in [0.2, 0.25) is 5.02 Å². The average Bonchev–Trinajstić information content (AvgIpc) is 2.39. The van der Waals surface area contributed by atoms with Crippen molar-refractivity contribution in [3.05, 3.63) is 70.5 Å². The Balaban J connectivity index is 2.03. The zero-order valence-corrected chi connectivity index (χ0v) is 10.6. The van der Waals surface area contributed by atoms with Crippen molar-refractivity contribution in [2.24, 2.45) is 5.10 Å². The minimum atomic E-state index is -0.418. The zero-order valence-electron chi connectivity index (χ0n) is 9.81. The van der Waals surface area contributed by atoms with Crippen LogP contribution in [-0.2, 0) is 0 Å². The van der Waals surface area contributed by atoms with Crippen molar-refractivity contribution in [3.63, 3.8) is 0 Å². The fourth-order valence-corrected chi connectivity index (χ4v) is 1.68. The van der Waals surface area contributed by atoms with Crippen molar-refractivity contribution in [1.82, 2.24) is 5.43 Å². The molecule has 1 N–H and O–H groups in total. The topological polar surface area (TPSA) is 41.5 Å². The number of hydrogen-bond acceptors (Lipinski definition) is 2. The van der Waals surface area contributed by atoms with Crippen molar-refractivity contribution in [2.75, 3.05) is 0 Å². The molecule has 2 rings (SSSR count). The number of nitrogens with zero attached hydrogens (tertiary/aromatic N) is 1. The molecular formula is C14H10ClFN2O. The Morgan fingerprint density at radius 1 is 1.21 bits per heavy atom. The highest BCUT2D eigenvalue weighted by Gasteiger charge is 2.07. The predicted octanol–water partition coefficient (Wildman–Crippen LogP) is 3.24. The number of hydrogen-bond donors (Lipinski definition) is 1. The van der Waals surface area contributed by atoms with Gasteiger partial charge in [0.2, 0.25) is 0 Å². The van der Waals surface area contributed by atoms with E-state index in [0.29, 0.717) is 16.1 Å². The van der Waals surface area contributed by atoms with Crippen LogP contribution < -0.4 is 5.43 Å². The van der Waals surface area contributed by atoms with Crippen molar-refractivity contribution < 1.29 is 9.18 Å². The van der Waals surface area contributed by atoms with E-state index in [1.807, 2.05) is 0 Å². The molecule has 0 radical (unpaired) electrons. The third-order valence-corrected chi connectivity index (χ3v) is 2.68. The van der Waals surface area contributed by atoms with Gasteiger partial charge in [-0.15, -0.1) is 0 Å². The SMILES string of the molecule is O=C(N/N=C\c1cccc(F)c1)c1ccccc1Cl. The molecule has 0 saturated heterocycles. The van der Waals surface area contributed by atoms with E-state index < -0.39 is 5.91 Å². The fourth-order valence-electron chi connectivity index (χ4n) is 1.46. The molecular weight excluding hydrogens is 267 g/mol. The molecule has 0 aliphatic heterocycles. The van der Waals surface area contributed by atoms with Crippen LogP contribution in [0.25, 0.3) is 0 Å². The Labute approximate surface area is 114 Å². The van der Waals surface area contributed by atoms with Gasteiger partial charge in [0.05, 0.1) is 16.8 Å². The van der Waals surface area contributed by atoms with Crippen LogP contribution in [-0.4, -0.2) is 12.1 Å². The van der Waals surface area contributed by atoms with Crippen LogP contribution in [0, 0.1) is 5.82 Å². The van der Waals surface area contributed by atoms with E-state index in [-0.39, 0.29) is 5.82 Å². The van der Waals surface area contributed by atoms with Crippen LogP contribution in [0.3, 0.4) is 0 Å². The van der Waals surface area contributed by atoms with Crippen molar-refractivity contribution in [1.29, 1.82) is 0 Å². The lowest BCUT2D eigenvalue weighted by molar-refractivity contribution is 0.0955. The number of amides is 1. The first-order valence-corrected chi connectivity index (χ1v) is 5.88. The van der Waals surface area contributed by atoms with Gasteiger partial charge in [0, 0.05) is 0 Å². The highest BCUT2D eigenvalue weighted by Crippen LogP contribution is 2.14. The Morgan fingerprint density at radius 2 is 2.00 bits per heavy atom. The van der Waals surface area contributed by atoms with Gasteiger partial charge in [-0.1, -0.05) is 35.9 Å². The summed E-state index contributed by atoms with van der Waals surface area (Å²) in [5.74, 6) is -0.778. The summed E-state index contributed by atoms with van der Waals surface area (Å²) < 4.78 is 12.9. The summed E-state index contributed by atoms with van der Waals surface area (Å²) in [6.07, 6.45) is 1.36. The van der Waals surface area contributed by atoms with E-state index in [9.17, 15) is 9.18 Å². The Morgan fingerprint density at radius 3 is 2.74 bits per heavy atom. The van der Waals surface area contributed by atoms with E-state index >= 15 is 0 Å². The van der Waals surface area contributed by atoms with Crippen LogP contribution in [0.4, 0.5) is 4.39 Å². The van der Waals surface area contributed by atoms with E-state index in [0.717, 1.165) is 0 Å².